The Hall–Kier alpha value is -5.63. The van der Waals surface area contributed by atoms with Crippen molar-refractivity contribution in [3.05, 3.63) is 106 Å². The van der Waals surface area contributed by atoms with E-state index in [1.807, 2.05) is 55.9 Å². The van der Waals surface area contributed by atoms with Gasteiger partial charge in [-0.2, -0.15) is 0 Å². The summed E-state index contributed by atoms with van der Waals surface area (Å²) >= 11 is 0. The van der Waals surface area contributed by atoms with Crippen LogP contribution < -0.4 is 9.80 Å². The number of carboxylic acids is 1. The summed E-state index contributed by atoms with van der Waals surface area (Å²) in [6, 6.07) is 12.4. The maximum Gasteiger partial charge on any atom is 0.338 e. The van der Waals surface area contributed by atoms with Crippen LogP contribution in [0.4, 0.5) is 15.8 Å². The van der Waals surface area contributed by atoms with Gasteiger partial charge in [0.2, 0.25) is 0 Å². The summed E-state index contributed by atoms with van der Waals surface area (Å²) in [6.45, 7) is 3.88. The zero-order valence-electron chi connectivity index (χ0n) is 26.9. The molecular formula is C37H35FN4O7. The first-order chi connectivity index (χ1) is 23.7. The van der Waals surface area contributed by atoms with Gasteiger partial charge in [0.1, 0.15) is 29.9 Å². The number of rotatable bonds is 11. The molecule has 2 aromatic rings. The van der Waals surface area contributed by atoms with Crippen LogP contribution in [0.5, 0.6) is 0 Å². The highest BCUT2D eigenvalue weighted by atomic mass is 19.1. The highest BCUT2D eigenvalue weighted by Crippen LogP contribution is 2.44. The van der Waals surface area contributed by atoms with Gasteiger partial charge in [0.25, 0.3) is 0 Å². The number of halogens is 1. The Morgan fingerprint density at radius 3 is 2.41 bits per heavy atom. The lowest BCUT2D eigenvalue weighted by Gasteiger charge is -2.37. The van der Waals surface area contributed by atoms with E-state index in [2.05, 4.69) is 0 Å². The van der Waals surface area contributed by atoms with Gasteiger partial charge in [-0.05, 0) is 50.0 Å². The van der Waals surface area contributed by atoms with Crippen molar-refractivity contribution >= 4 is 40.7 Å². The molecule has 6 rings (SSSR count). The van der Waals surface area contributed by atoms with E-state index in [-0.39, 0.29) is 59.0 Å². The predicted molar refractivity (Wildman–Crippen MR) is 180 cm³/mol. The van der Waals surface area contributed by atoms with E-state index in [4.69, 9.17) is 4.74 Å². The monoisotopic (exact) mass is 666 g/mol. The Balaban J connectivity index is 1.12. The zero-order chi connectivity index (χ0) is 34.7. The number of ether oxygens (including phenoxy) is 1. The zero-order valence-corrected chi connectivity index (χ0v) is 26.9. The third-order valence-corrected chi connectivity index (χ3v) is 9.27. The lowest BCUT2D eigenvalue weighted by atomic mass is 9.93. The topological polar surface area (TPSA) is 131 Å². The number of carboxylic acid groups (broad SMARTS) is 1. The maximum atomic E-state index is 15.6. The number of hydrogen-bond acceptors (Lipinski definition) is 10. The first-order valence-corrected chi connectivity index (χ1v) is 16.0. The molecule has 12 heteroatoms. The second kappa shape index (κ2) is 14.2. The maximum absolute atomic E-state index is 15.6. The first kappa shape index (κ1) is 33.3. The van der Waals surface area contributed by atoms with Crippen LogP contribution in [0.25, 0.3) is 5.57 Å². The molecule has 0 aromatic heterocycles. The number of aliphatic hydroxyl groups excluding tert-OH is 1. The predicted octanol–water partition coefficient (Wildman–Crippen LogP) is 3.83. The number of aliphatic carboxylic acids is 1. The average molecular weight is 667 g/mol. The van der Waals surface area contributed by atoms with Gasteiger partial charge in [-0.1, -0.05) is 30.3 Å². The van der Waals surface area contributed by atoms with Gasteiger partial charge in [0.15, 0.2) is 17.5 Å². The van der Waals surface area contributed by atoms with E-state index in [0.29, 0.717) is 49.7 Å². The molecule has 4 aliphatic rings. The fourth-order valence-corrected chi connectivity index (χ4v) is 6.47. The first-order valence-electron chi connectivity index (χ1n) is 16.0. The Kier molecular flexibility index (Phi) is 9.67. The minimum Gasteiger partial charge on any atom is -0.505 e. The van der Waals surface area contributed by atoms with Crippen LogP contribution in [0.1, 0.15) is 30.9 Å². The molecule has 2 aromatic carbocycles. The van der Waals surface area contributed by atoms with Crippen molar-refractivity contribution in [1.82, 2.24) is 9.80 Å². The number of anilines is 2. The van der Waals surface area contributed by atoms with E-state index < -0.39 is 11.8 Å². The molecule has 3 heterocycles. The molecule has 49 heavy (non-hydrogen) atoms. The van der Waals surface area contributed by atoms with Crippen molar-refractivity contribution in [2.45, 2.75) is 38.3 Å². The molecule has 1 saturated heterocycles. The van der Waals surface area contributed by atoms with Crippen LogP contribution in [0.15, 0.2) is 89.3 Å². The van der Waals surface area contributed by atoms with Crippen LogP contribution in [0.2, 0.25) is 0 Å². The molecule has 0 radical (unpaired) electrons. The summed E-state index contributed by atoms with van der Waals surface area (Å²) in [5.41, 5.74) is 2.31. The van der Waals surface area contributed by atoms with E-state index in [0.717, 1.165) is 18.4 Å². The molecule has 0 spiro atoms. The molecule has 1 saturated carbocycles. The number of carbonyl (C=O) groups is 1. The molecule has 3 aliphatic heterocycles. The van der Waals surface area contributed by atoms with E-state index in [1.165, 1.54) is 18.3 Å². The number of hydrogen-bond donors (Lipinski definition) is 2. The van der Waals surface area contributed by atoms with Crippen molar-refractivity contribution < 1.29 is 38.5 Å². The minimum atomic E-state index is -1.27. The van der Waals surface area contributed by atoms with Gasteiger partial charge in [0.05, 0.1) is 40.8 Å². The molecule has 0 amide bonds. The Bertz CT molecular complexity index is 1890. The van der Waals surface area contributed by atoms with Crippen LogP contribution in [-0.2, 0) is 30.3 Å². The van der Waals surface area contributed by atoms with Crippen molar-refractivity contribution in [1.29, 1.82) is 0 Å². The van der Waals surface area contributed by atoms with Gasteiger partial charge in [-0.25, -0.2) is 23.6 Å². The third-order valence-electron chi connectivity index (χ3n) is 9.27. The summed E-state index contributed by atoms with van der Waals surface area (Å²) in [7, 11) is 0. The van der Waals surface area contributed by atoms with Gasteiger partial charge in [-0.15, -0.1) is 0 Å². The van der Waals surface area contributed by atoms with E-state index in [1.54, 1.807) is 31.1 Å². The molecule has 2 N–H and O–H groups in total. The number of carbonyl (C=O) groups excluding carboxylic acids is 3. The number of benzene rings is 2. The standard InChI is InChI=1S/C37H35FN4O7/c1-24-36(46)26(20-43)9-10-41(24)28(15-25-5-3-2-4-6-25)23-49-29(21-44)18-39-11-13-40(14-12-39)35-17-34-30(16-33(35)38)32(22-45)31(37(47)48)19-42(34)27-7-8-27/h2-6,9-10,16-17,19,27-28,46H,7-8,11-15,18,23H2,1H3,(H,47,48). The Labute approximate surface area is 282 Å². The van der Waals surface area contributed by atoms with Gasteiger partial charge < -0.3 is 29.6 Å². The molecule has 0 bridgehead atoms. The van der Waals surface area contributed by atoms with E-state index in [9.17, 15) is 29.4 Å². The summed E-state index contributed by atoms with van der Waals surface area (Å²) in [5, 5.41) is 20.2. The normalized spacial score (nSPS) is 18.3. The third kappa shape index (κ3) is 6.99. The number of nitrogens with zero attached hydrogens (tertiary/aromatic N) is 4. The van der Waals surface area contributed by atoms with Crippen molar-refractivity contribution in [3.63, 3.8) is 0 Å². The average Bonchev–Trinajstić information content (AvgIpc) is 3.96. The van der Waals surface area contributed by atoms with Gasteiger partial charge in [0, 0.05) is 50.2 Å². The van der Waals surface area contributed by atoms with Crippen molar-refractivity contribution in [2.75, 3.05) is 49.1 Å². The number of piperazine rings is 1. The lowest BCUT2D eigenvalue weighted by Crippen LogP contribution is -2.47. The van der Waals surface area contributed by atoms with Crippen LogP contribution in [0.3, 0.4) is 0 Å². The van der Waals surface area contributed by atoms with Gasteiger partial charge >= 0.3 is 5.97 Å². The summed E-state index contributed by atoms with van der Waals surface area (Å²) in [6.07, 6.45) is 6.88. The second-order valence-corrected chi connectivity index (χ2v) is 12.4. The molecule has 252 valence electrons. The fraction of sp³-hybridized carbons (Fsp3) is 0.324. The SMILES string of the molecule is CC1=C(O)C(=C=O)C=CN1C(COC(=C=O)CN1CCN(c2cc3c(cc2F)C(=C=O)C(C(=O)O)=CN3C2CC2)CC1)Cc1ccccc1. The lowest BCUT2D eigenvalue weighted by molar-refractivity contribution is -0.132. The molecule has 1 aliphatic carbocycles. The summed E-state index contributed by atoms with van der Waals surface area (Å²) in [4.78, 5) is 54.4. The van der Waals surface area contributed by atoms with E-state index >= 15 is 4.39 Å². The number of fused-ring (bicyclic) bond motifs is 1. The molecule has 1 unspecified atom stereocenters. The van der Waals surface area contributed by atoms with Crippen molar-refractivity contribution in [2.24, 2.45) is 0 Å². The highest BCUT2D eigenvalue weighted by molar-refractivity contribution is 6.16. The van der Waals surface area contributed by atoms with Crippen LogP contribution in [-0.4, -0.2) is 95.2 Å². The largest absolute Gasteiger partial charge is 0.505 e. The summed E-state index contributed by atoms with van der Waals surface area (Å²) in [5.74, 6) is 3.48. The Morgan fingerprint density at radius 2 is 1.78 bits per heavy atom. The number of allylic oxidation sites excluding steroid dienone is 2. The molecule has 2 fully saturated rings. The quantitative estimate of drug-likeness (QED) is 0.268. The molecule has 1 atom stereocenters. The van der Waals surface area contributed by atoms with Crippen LogP contribution in [0, 0.1) is 5.82 Å². The number of aliphatic hydroxyl groups is 1. The molecule has 11 nitrogen and oxygen atoms in total. The molecular weight excluding hydrogens is 631 g/mol. The smallest absolute Gasteiger partial charge is 0.338 e. The second-order valence-electron chi connectivity index (χ2n) is 12.4. The fourth-order valence-electron chi connectivity index (χ4n) is 6.47. The van der Waals surface area contributed by atoms with Gasteiger partial charge in [-0.3, -0.25) is 4.90 Å². The Morgan fingerprint density at radius 1 is 1.04 bits per heavy atom. The minimum absolute atomic E-state index is 0.0583. The highest BCUT2D eigenvalue weighted by Gasteiger charge is 2.37. The summed E-state index contributed by atoms with van der Waals surface area (Å²) < 4.78 is 21.6. The van der Waals surface area contributed by atoms with Crippen LogP contribution >= 0.6 is 0 Å². The van der Waals surface area contributed by atoms with Crippen molar-refractivity contribution in [3.8, 4) is 0 Å².